The van der Waals surface area contributed by atoms with Crippen LogP contribution in [0.2, 0.25) is 0 Å². The molecule has 3 rings (SSSR count). The number of likely N-dealkylation sites (tertiary alicyclic amines) is 1. The van der Waals surface area contributed by atoms with Crippen molar-refractivity contribution < 1.29 is 14.1 Å². The van der Waals surface area contributed by atoms with Crippen LogP contribution in [-0.2, 0) is 9.53 Å². The number of piperidine rings is 1. The molecule has 0 unspecified atom stereocenters. The minimum atomic E-state index is 0.0857. The first-order valence-electron chi connectivity index (χ1n) is 8.11. The number of hydrogen-bond acceptors (Lipinski definition) is 6. The van der Waals surface area contributed by atoms with Crippen LogP contribution >= 0.6 is 0 Å². The lowest BCUT2D eigenvalue weighted by molar-refractivity contribution is -0.123. The number of nitrogens with one attached hydrogen (secondary N) is 1. The summed E-state index contributed by atoms with van der Waals surface area (Å²) < 4.78 is 10.7. The molecule has 22 heavy (non-hydrogen) atoms. The van der Waals surface area contributed by atoms with Gasteiger partial charge in [0, 0.05) is 19.1 Å². The maximum absolute atomic E-state index is 12.0. The summed E-state index contributed by atoms with van der Waals surface area (Å²) in [5, 5.41) is 6.82. The molecule has 1 N–H and O–H groups in total. The highest BCUT2D eigenvalue weighted by molar-refractivity contribution is 5.78. The molecule has 1 amide bonds. The number of rotatable bonds is 5. The molecular weight excluding hydrogens is 284 g/mol. The number of amides is 1. The van der Waals surface area contributed by atoms with Crippen LogP contribution in [0.5, 0.6) is 0 Å². The summed E-state index contributed by atoms with van der Waals surface area (Å²) in [6.07, 6.45) is 4.27. The van der Waals surface area contributed by atoms with Crippen molar-refractivity contribution in [3.8, 4) is 0 Å². The number of hydrogen-bond donors (Lipinski definition) is 1. The molecule has 0 aromatic carbocycles. The van der Waals surface area contributed by atoms with Gasteiger partial charge in [0.05, 0.1) is 12.6 Å². The summed E-state index contributed by atoms with van der Waals surface area (Å²) in [5.41, 5.74) is 0. The average molecular weight is 308 g/mol. The van der Waals surface area contributed by atoms with E-state index in [1.54, 1.807) is 0 Å². The van der Waals surface area contributed by atoms with Crippen molar-refractivity contribution in [2.24, 2.45) is 0 Å². The second-order valence-electron chi connectivity index (χ2n) is 6.17. The van der Waals surface area contributed by atoms with Gasteiger partial charge in [0.1, 0.15) is 0 Å². The Labute approximate surface area is 130 Å². The maximum Gasteiger partial charge on any atom is 0.234 e. The van der Waals surface area contributed by atoms with Crippen LogP contribution in [0, 0.1) is 6.92 Å². The predicted molar refractivity (Wildman–Crippen MR) is 79.4 cm³/mol. The van der Waals surface area contributed by atoms with E-state index in [9.17, 15) is 4.79 Å². The third-order valence-corrected chi connectivity index (χ3v) is 4.40. The van der Waals surface area contributed by atoms with E-state index in [-0.39, 0.29) is 12.0 Å². The van der Waals surface area contributed by atoms with Crippen molar-refractivity contribution in [1.82, 2.24) is 20.4 Å². The first-order valence-corrected chi connectivity index (χ1v) is 8.11. The minimum Gasteiger partial charge on any atom is -0.376 e. The van der Waals surface area contributed by atoms with Gasteiger partial charge in [0.2, 0.25) is 11.8 Å². The van der Waals surface area contributed by atoms with Gasteiger partial charge in [-0.15, -0.1) is 0 Å². The molecule has 2 aliphatic heterocycles. The molecule has 122 valence electrons. The Balaban J connectivity index is 1.37. The lowest BCUT2D eigenvalue weighted by Crippen LogP contribution is -2.43. The molecule has 0 aliphatic carbocycles. The molecular formula is C15H24N4O3. The van der Waals surface area contributed by atoms with Gasteiger partial charge in [-0.3, -0.25) is 9.69 Å². The fourth-order valence-corrected chi connectivity index (χ4v) is 3.11. The number of ether oxygens (including phenoxy) is 1. The smallest absolute Gasteiger partial charge is 0.234 e. The van der Waals surface area contributed by atoms with Crippen molar-refractivity contribution in [2.75, 3.05) is 32.8 Å². The lowest BCUT2D eigenvalue weighted by atomic mass is 9.97. The molecule has 3 heterocycles. The standard InChI is InChI=1S/C15H24N4O3/c1-11-17-15(22-18-11)12-4-6-19(7-5-12)10-14(20)16-9-13-3-2-8-21-13/h12-13H,2-10H2,1H3,(H,16,20)/t13-/m1/s1. The van der Waals surface area contributed by atoms with Gasteiger partial charge in [-0.2, -0.15) is 4.98 Å². The highest BCUT2D eigenvalue weighted by atomic mass is 16.5. The molecule has 1 aromatic heterocycles. The van der Waals surface area contributed by atoms with Crippen LogP contribution in [-0.4, -0.2) is 59.8 Å². The number of aryl methyl sites for hydroxylation is 1. The Kier molecular flexibility index (Phi) is 5.04. The summed E-state index contributed by atoms with van der Waals surface area (Å²) in [6.45, 7) is 5.53. The molecule has 0 spiro atoms. The zero-order valence-corrected chi connectivity index (χ0v) is 13.1. The summed E-state index contributed by atoms with van der Waals surface area (Å²) in [4.78, 5) is 18.5. The molecule has 1 aromatic rings. The normalized spacial score (nSPS) is 23.8. The first kappa shape index (κ1) is 15.4. The third-order valence-electron chi connectivity index (χ3n) is 4.40. The van der Waals surface area contributed by atoms with E-state index in [1.165, 1.54) is 0 Å². The van der Waals surface area contributed by atoms with Crippen molar-refractivity contribution in [1.29, 1.82) is 0 Å². The van der Waals surface area contributed by atoms with Crippen molar-refractivity contribution >= 4 is 5.91 Å². The molecule has 0 radical (unpaired) electrons. The van der Waals surface area contributed by atoms with Gasteiger partial charge in [-0.1, -0.05) is 5.16 Å². The number of nitrogens with zero attached hydrogens (tertiary/aromatic N) is 3. The van der Waals surface area contributed by atoms with Crippen molar-refractivity contribution in [3.05, 3.63) is 11.7 Å². The lowest BCUT2D eigenvalue weighted by Gasteiger charge is -2.29. The summed E-state index contributed by atoms with van der Waals surface area (Å²) in [5.74, 6) is 1.83. The molecule has 2 fully saturated rings. The molecule has 0 bridgehead atoms. The summed E-state index contributed by atoms with van der Waals surface area (Å²) >= 11 is 0. The molecule has 7 nitrogen and oxygen atoms in total. The van der Waals surface area contributed by atoms with E-state index < -0.39 is 0 Å². The Morgan fingerprint density at radius 2 is 2.18 bits per heavy atom. The van der Waals surface area contributed by atoms with Gasteiger partial charge in [0.25, 0.3) is 0 Å². The highest BCUT2D eigenvalue weighted by Crippen LogP contribution is 2.26. The van der Waals surface area contributed by atoms with Crippen LogP contribution in [0.3, 0.4) is 0 Å². The van der Waals surface area contributed by atoms with Gasteiger partial charge < -0.3 is 14.6 Å². The fraction of sp³-hybridized carbons (Fsp3) is 0.800. The Morgan fingerprint density at radius 3 is 2.82 bits per heavy atom. The molecule has 7 heteroatoms. The average Bonchev–Trinajstić information content (AvgIpc) is 3.17. The minimum absolute atomic E-state index is 0.0857. The fourth-order valence-electron chi connectivity index (χ4n) is 3.11. The van der Waals surface area contributed by atoms with E-state index in [1.807, 2.05) is 6.92 Å². The van der Waals surface area contributed by atoms with Gasteiger partial charge in [-0.25, -0.2) is 0 Å². The van der Waals surface area contributed by atoms with Gasteiger partial charge in [-0.05, 0) is 45.7 Å². The second kappa shape index (κ2) is 7.19. The van der Waals surface area contributed by atoms with E-state index in [0.29, 0.717) is 24.8 Å². The van der Waals surface area contributed by atoms with Gasteiger partial charge >= 0.3 is 0 Å². The molecule has 2 saturated heterocycles. The number of aromatic nitrogens is 2. The van der Waals surface area contributed by atoms with Crippen molar-refractivity contribution in [3.63, 3.8) is 0 Å². The highest BCUT2D eigenvalue weighted by Gasteiger charge is 2.26. The zero-order valence-electron chi connectivity index (χ0n) is 13.1. The summed E-state index contributed by atoms with van der Waals surface area (Å²) in [7, 11) is 0. The Hall–Kier alpha value is -1.47. The van der Waals surface area contributed by atoms with Crippen LogP contribution in [0.15, 0.2) is 4.52 Å². The van der Waals surface area contributed by atoms with Crippen LogP contribution < -0.4 is 5.32 Å². The van der Waals surface area contributed by atoms with E-state index in [4.69, 9.17) is 9.26 Å². The van der Waals surface area contributed by atoms with E-state index in [0.717, 1.165) is 51.3 Å². The third kappa shape index (κ3) is 4.04. The largest absolute Gasteiger partial charge is 0.376 e. The molecule has 2 aliphatic rings. The number of carbonyl (C=O) groups excluding carboxylic acids is 1. The summed E-state index contributed by atoms with van der Waals surface area (Å²) in [6, 6.07) is 0. The Morgan fingerprint density at radius 1 is 1.36 bits per heavy atom. The van der Waals surface area contributed by atoms with E-state index >= 15 is 0 Å². The first-order chi connectivity index (χ1) is 10.7. The topological polar surface area (TPSA) is 80.5 Å². The van der Waals surface area contributed by atoms with Gasteiger partial charge in [0.15, 0.2) is 5.82 Å². The maximum atomic E-state index is 12.0. The van der Waals surface area contributed by atoms with Crippen LogP contribution in [0.25, 0.3) is 0 Å². The Bertz CT molecular complexity index is 491. The van der Waals surface area contributed by atoms with Crippen LogP contribution in [0.1, 0.15) is 43.3 Å². The molecule has 1 atom stereocenters. The van der Waals surface area contributed by atoms with Crippen LogP contribution in [0.4, 0.5) is 0 Å². The SMILES string of the molecule is Cc1noc(C2CCN(CC(=O)NC[C@H]3CCCO3)CC2)n1. The number of carbonyl (C=O) groups is 1. The van der Waals surface area contributed by atoms with Crippen molar-refractivity contribution in [2.45, 2.75) is 44.6 Å². The zero-order chi connectivity index (χ0) is 15.4. The predicted octanol–water partition coefficient (Wildman–Crippen LogP) is 0.853. The van der Waals surface area contributed by atoms with E-state index in [2.05, 4.69) is 20.4 Å². The quantitative estimate of drug-likeness (QED) is 0.869. The molecule has 0 saturated carbocycles. The second-order valence-corrected chi connectivity index (χ2v) is 6.17. The monoisotopic (exact) mass is 308 g/mol.